The van der Waals surface area contributed by atoms with E-state index in [4.69, 9.17) is 0 Å². The van der Waals surface area contributed by atoms with Crippen LogP contribution in [0.1, 0.15) is 44.1 Å². The fraction of sp³-hybridized carbons (Fsp3) is 0.391. The van der Waals surface area contributed by atoms with Gasteiger partial charge in [-0.1, -0.05) is 37.1 Å². The molecule has 2 aromatic rings. The lowest BCUT2D eigenvalue weighted by atomic mass is 10.2. The third kappa shape index (κ3) is 5.76. The molecule has 2 saturated carbocycles. The average Bonchev–Trinajstić information content (AvgIpc) is 3.46. The maximum absolute atomic E-state index is 12.4. The van der Waals surface area contributed by atoms with Crippen LogP contribution < -0.4 is 16.0 Å². The number of amides is 3. The molecule has 0 aromatic heterocycles. The first kappa shape index (κ1) is 19.8. The number of urea groups is 1. The second-order valence-corrected chi connectivity index (χ2v) is 9.13. The summed E-state index contributed by atoms with van der Waals surface area (Å²) >= 11 is 1.87. The zero-order valence-corrected chi connectivity index (χ0v) is 17.3. The van der Waals surface area contributed by atoms with E-state index in [0.29, 0.717) is 11.8 Å². The number of rotatable bonds is 7. The highest BCUT2D eigenvalue weighted by Crippen LogP contribution is 2.38. The molecule has 0 heterocycles. The summed E-state index contributed by atoms with van der Waals surface area (Å²) in [6.07, 6.45) is 7.06. The first-order valence-electron chi connectivity index (χ1n) is 10.4. The van der Waals surface area contributed by atoms with E-state index in [1.54, 1.807) is 0 Å². The van der Waals surface area contributed by atoms with E-state index in [2.05, 4.69) is 22.0 Å². The molecule has 0 saturated heterocycles. The molecule has 29 heavy (non-hydrogen) atoms. The molecular formula is C23H27N3O2S. The molecule has 0 unspecified atom stereocenters. The highest BCUT2D eigenvalue weighted by atomic mass is 32.2. The van der Waals surface area contributed by atoms with Crippen LogP contribution in [0.4, 0.5) is 16.2 Å². The minimum absolute atomic E-state index is 0.0872. The van der Waals surface area contributed by atoms with Gasteiger partial charge in [0.25, 0.3) is 0 Å². The van der Waals surface area contributed by atoms with Crippen molar-refractivity contribution in [2.75, 3.05) is 10.6 Å². The van der Waals surface area contributed by atoms with Gasteiger partial charge in [-0.15, -0.1) is 11.8 Å². The Morgan fingerprint density at radius 1 is 0.931 bits per heavy atom. The summed E-state index contributed by atoms with van der Waals surface area (Å²) in [5.74, 6) is 0.258. The predicted molar refractivity (Wildman–Crippen MR) is 118 cm³/mol. The molecule has 0 spiro atoms. The molecule has 0 atom stereocenters. The monoisotopic (exact) mass is 409 g/mol. The van der Waals surface area contributed by atoms with Crippen molar-refractivity contribution in [1.29, 1.82) is 0 Å². The summed E-state index contributed by atoms with van der Waals surface area (Å²) in [7, 11) is 0. The van der Waals surface area contributed by atoms with Crippen molar-refractivity contribution in [3.8, 4) is 0 Å². The van der Waals surface area contributed by atoms with Crippen molar-refractivity contribution in [2.24, 2.45) is 5.92 Å². The van der Waals surface area contributed by atoms with E-state index < -0.39 is 0 Å². The van der Waals surface area contributed by atoms with E-state index in [9.17, 15) is 9.59 Å². The Hall–Kier alpha value is -2.47. The van der Waals surface area contributed by atoms with Gasteiger partial charge in [0.1, 0.15) is 0 Å². The van der Waals surface area contributed by atoms with E-state index in [-0.39, 0.29) is 17.9 Å². The van der Waals surface area contributed by atoms with Crippen LogP contribution >= 0.6 is 11.8 Å². The van der Waals surface area contributed by atoms with Crippen LogP contribution in [0.5, 0.6) is 0 Å². The van der Waals surface area contributed by atoms with Gasteiger partial charge in [0.05, 0.1) is 5.69 Å². The Morgan fingerprint density at radius 2 is 1.72 bits per heavy atom. The van der Waals surface area contributed by atoms with E-state index >= 15 is 0 Å². The smallest absolute Gasteiger partial charge is 0.319 e. The van der Waals surface area contributed by atoms with E-state index in [0.717, 1.165) is 34.7 Å². The lowest BCUT2D eigenvalue weighted by Crippen LogP contribution is -2.28. The van der Waals surface area contributed by atoms with E-state index in [1.165, 1.54) is 25.7 Å². The molecule has 4 rings (SSSR count). The molecule has 0 aliphatic heterocycles. The van der Waals surface area contributed by atoms with Crippen molar-refractivity contribution in [3.05, 3.63) is 54.1 Å². The second-order valence-electron chi connectivity index (χ2n) is 7.79. The summed E-state index contributed by atoms with van der Waals surface area (Å²) in [5.41, 5.74) is 2.58. The summed E-state index contributed by atoms with van der Waals surface area (Å²) in [6, 6.07) is 15.4. The lowest BCUT2D eigenvalue weighted by Gasteiger charge is -2.14. The molecule has 2 aliphatic rings. The summed E-state index contributed by atoms with van der Waals surface area (Å²) in [4.78, 5) is 25.5. The molecule has 0 bridgehead atoms. The highest BCUT2D eigenvalue weighted by molar-refractivity contribution is 8.00. The molecule has 3 N–H and O–H groups in total. The first-order chi connectivity index (χ1) is 14.2. The van der Waals surface area contributed by atoms with Crippen molar-refractivity contribution in [2.45, 2.75) is 55.2 Å². The number of thioether (sulfide) groups is 1. The van der Waals surface area contributed by atoms with Gasteiger partial charge in [0, 0.05) is 28.3 Å². The highest BCUT2D eigenvalue weighted by Gasteiger charge is 2.29. The Labute approximate surface area is 176 Å². The molecule has 0 radical (unpaired) electrons. The van der Waals surface area contributed by atoms with Gasteiger partial charge in [0.2, 0.25) is 5.91 Å². The van der Waals surface area contributed by atoms with Crippen molar-refractivity contribution < 1.29 is 9.59 Å². The van der Waals surface area contributed by atoms with Crippen LogP contribution in [0.25, 0.3) is 0 Å². The van der Waals surface area contributed by atoms with Gasteiger partial charge in [0.15, 0.2) is 0 Å². The Morgan fingerprint density at radius 3 is 2.52 bits per heavy atom. The van der Waals surface area contributed by atoms with Crippen LogP contribution in [-0.4, -0.2) is 17.2 Å². The Balaban J connectivity index is 1.30. The summed E-state index contributed by atoms with van der Waals surface area (Å²) in [5, 5.41) is 9.49. The largest absolute Gasteiger partial charge is 0.334 e. The standard InChI is InChI=1S/C23H27N3O2S/c27-22(17-12-13-17)25-18-7-5-6-16(14-18)15-24-23(28)26-20-10-3-4-11-21(20)29-19-8-1-2-9-19/h3-7,10-11,14,17,19H,1-2,8-9,12-13,15H2,(H,25,27)(H2,24,26,28). The van der Waals surface area contributed by atoms with Crippen LogP contribution in [0, 0.1) is 5.92 Å². The number of carbonyl (C=O) groups is 2. The summed E-state index contributed by atoms with van der Waals surface area (Å²) < 4.78 is 0. The Bertz CT molecular complexity index is 876. The second kappa shape index (κ2) is 9.35. The molecule has 2 aromatic carbocycles. The van der Waals surface area contributed by atoms with Gasteiger partial charge < -0.3 is 16.0 Å². The van der Waals surface area contributed by atoms with Crippen LogP contribution in [0.2, 0.25) is 0 Å². The van der Waals surface area contributed by atoms with Crippen molar-refractivity contribution >= 4 is 35.1 Å². The maximum atomic E-state index is 12.4. The van der Waals surface area contributed by atoms with Crippen LogP contribution in [0.15, 0.2) is 53.4 Å². The fourth-order valence-corrected chi connectivity index (χ4v) is 4.89. The Kier molecular flexibility index (Phi) is 6.39. The molecule has 3 amide bonds. The summed E-state index contributed by atoms with van der Waals surface area (Å²) in [6.45, 7) is 0.400. The zero-order valence-electron chi connectivity index (χ0n) is 16.4. The van der Waals surface area contributed by atoms with Crippen LogP contribution in [0.3, 0.4) is 0 Å². The van der Waals surface area contributed by atoms with Crippen LogP contribution in [-0.2, 0) is 11.3 Å². The van der Waals surface area contributed by atoms with Crippen molar-refractivity contribution in [1.82, 2.24) is 5.32 Å². The fourth-order valence-electron chi connectivity index (χ4n) is 3.56. The number of para-hydroxylation sites is 1. The molecule has 2 aliphatic carbocycles. The topological polar surface area (TPSA) is 70.2 Å². The molecular weight excluding hydrogens is 382 g/mol. The average molecular weight is 410 g/mol. The van der Waals surface area contributed by atoms with E-state index in [1.807, 2.05) is 54.2 Å². The quantitative estimate of drug-likeness (QED) is 0.574. The van der Waals surface area contributed by atoms with Gasteiger partial charge >= 0.3 is 6.03 Å². The maximum Gasteiger partial charge on any atom is 0.319 e. The normalized spacial score (nSPS) is 16.4. The predicted octanol–water partition coefficient (Wildman–Crippen LogP) is 5.39. The lowest BCUT2D eigenvalue weighted by molar-refractivity contribution is -0.117. The zero-order chi connectivity index (χ0) is 20.1. The number of benzene rings is 2. The SMILES string of the molecule is O=C(NCc1cccc(NC(=O)C2CC2)c1)Nc1ccccc1SC1CCCC1. The number of hydrogen-bond acceptors (Lipinski definition) is 3. The number of carbonyl (C=O) groups excluding carboxylic acids is 2. The molecule has 152 valence electrons. The first-order valence-corrected chi connectivity index (χ1v) is 11.3. The van der Waals surface area contributed by atoms with Gasteiger partial charge in [-0.25, -0.2) is 4.79 Å². The molecule has 5 nitrogen and oxygen atoms in total. The van der Waals surface area contributed by atoms with Gasteiger partial charge in [-0.3, -0.25) is 4.79 Å². The third-order valence-corrected chi connectivity index (χ3v) is 6.74. The number of anilines is 2. The van der Waals surface area contributed by atoms with Gasteiger partial charge in [-0.05, 0) is 55.5 Å². The molecule has 6 heteroatoms. The number of hydrogen-bond donors (Lipinski definition) is 3. The van der Waals surface area contributed by atoms with Crippen molar-refractivity contribution in [3.63, 3.8) is 0 Å². The minimum atomic E-state index is -0.225. The minimum Gasteiger partial charge on any atom is -0.334 e. The number of nitrogens with one attached hydrogen (secondary N) is 3. The third-order valence-electron chi connectivity index (χ3n) is 5.33. The molecule has 2 fully saturated rings. The van der Waals surface area contributed by atoms with Gasteiger partial charge in [-0.2, -0.15) is 0 Å².